The van der Waals surface area contributed by atoms with Gasteiger partial charge in [-0.25, -0.2) is 4.39 Å². The fourth-order valence-electron chi connectivity index (χ4n) is 3.54. The van der Waals surface area contributed by atoms with E-state index in [2.05, 4.69) is 42.1 Å². The van der Waals surface area contributed by atoms with Crippen LogP contribution in [-0.2, 0) is 4.74 Å². The number of hydrogen-bond acceptors (Lipinski definition) is 8. The average molecular weight is 616 g/mol. The Morgan fingerprint density at radius 1 is 1.30 bits per heavy atom. The molecule has 0 unspecified atom stereocenters. The van der Waals surface area contributed by atoms with Gasteiger partial charge in [0.1, 0.15) is 18.2 Å². The van der Waals surface area contributed by atoms with Crippen molar-refractivity contribution in [2.45, 2.75) is 6.92 Å². The Kier molecular flexibility index (Phi) is 10.6. The van der Waals surface area contributed by atoms with Gasteiger partial charge in [0.15, 0.2) is 5.83 Å². The quantitative estimate of drug-likeness (QED) is 0.185. The van der Waals surface area contributed by atoms with Gasteiger partial charge >= 0.3 is 0 Å². The van der Waals surface area contributed by atoms with E-state index in [1.54, 1.807) is 32.2 Å². The summed E-state index contributed by atoms with van der Waals surface area (Å²) in [5, 5.41) is 20.5. The molecular formula is C24H26BrCl2FN6O3. The number of phenols is 1. The summed E-state index contributed by atoms with van der Waals surface area (Å²) in [6.45, 7) is 3.94. The molecule has 4 N–H and O–H groups in total. The summed E-state index contributed by atoms with van der Waals surface area (Å²) in [5.74, 6) is -1.07. The number of nitrogens with zero attached hydrogens (tertiary/aromatic N) is 3. The van der Waals surface area contributed by atoms with E-state index in [0.717, 1.165) is 11.8 Å². The molecule has 2 aromatic carbocycles. The third-order valence-corrected chi connectivity index (χ3v) is 6.60. The Bertz CT molecular complexity index is 1220. The number of nitrogens with one attached hydrogen (secondary N) is 3. The molecule has 0 atom stereocenters. The maximum absolute atomic E-state index is 14.6. The number of allylic oxidation sites excluding steroid dienone is 1. The number of ether oxygens (including phenoxy) is 1. The highest BCUT2D eigenvalue weighted by Crippen LogP contribution is 2.35. The number of aliphatic imine (C=N–C) groups is 1. The summed E-state index contributed by atoms with van der Waals surface area (Å²) in [5.41, 5.74) is 4.00. The number of anilines is 1. The molecular weight excluding hydrogens is 590 g/mol. The number of morpholine rings is 1. The predicted molar refractivity (Wildman–Crippen MR) is 149 cm³/mol. The monoisotopic (exact) mass is 614 g/mol. The summed E-state index contributed by atoms with van der Waals surface area (Å²) in [6, 6.07) is 6.64. The summed E-state index contributed by atoms with van der Waals surface area (Å²) in [7, 11) is 1.64. The van der Waals surface area contributed by atoms with Crippen LogP contribution in [0, 0.1) is 6.92 Å². The van der Waals surface area contributed by atoms with Crippen molar-refractivity contribution in [3.05, 3.63) is 67.1 Å². The molecule has 0 bridgehead atoms. The molecule has 2 aromatic rings. The number of hydrogen-bond donors (Lipinski definition) is 4. The highest BCUT2D eigenvalue weighted by Gasteiger charge is 2.22. The number of aryl methyl sites for hydroxylation is 1. The minimum atomic E-state index is -0.538. The van der Waals surface area contributed by atoms with Gasteiger partial charge in [-0.05, 0) is 40.5 Å². The van der Waals surface area contributed by atoms with Gasteiger partial charge in [0.25, 0.3) is 5.91 Å². The predicted octanol–water partition coefficient (Wildman–Crippen LogP) is 4.66. The number of halogens is 4. The second-order valence-corrected chi connectivity index (χ2v) is 9.46. The van der Waals surface area contributed by atoms with Crippen LogP contribution in [0.3, 0.4) is 0 Å². The van der Waals surface area contributed by atoms with E-state index < -0.39 is 11.7 Å². The third kappa shape index (κ3) is 7.35. The maximum atomic E-state index is 14.6. The zero-order valence-electron chi connectivity index (χ0n) is 20.1. The topological polar surface area (TPSA) is 111 Å². The normalized spacial score (nSPS) is 14.7. The summed E-state index contributed by atoms with van der Waals surface area (Å²) in [4.78, 5) is 19.0. The molecule has 1 saturated heterocycles. The van der Waals surface area contributed by atoms with Crippen molar-refractivity contribution < 1.29 is 19.0 Å². The number of para-hydroxylation sites is 1. The van der Waals surface area contributed by atoms with Gasteiger partial charge in [-0.15, -0.1) is 0 Å². The van der Waals surface area contributed by atoms with Crippen LogP contribution >= 0.6 is 39.1 Å². The van der Waals surface area contributed by atoms with Crippen LogP contribution in [-0.4, -0.2) is 68.4 Å². The molecule has 1 amide bonds. The van der Waals surface area contributed by atoms with Gasteiger partial charge in [-0.2, -0.15) is 5.10 Å². The van der Waals surface area contributed by atoms with Crippen molar-refractivity contribution in [1.29, 1.82) is 0 Å². The Morgan fingerprint density at radius 3 is 2.70 bits per heavy atom. The lowest BCUT2D eigenvalue weighted by Gasteiger charge is -2.30. The molecule has 198 valence electrons. The lowest BCUT2D eigenvalue weighted by Crippen LogP contribution is -2.40. The number of rotatable bonds is 9. The molecule has 3 rings (SSSR count). The number of phenolic OH excluding ortho intramolecular Hbond substituents is 1. The number of hydrazone groups is 1. The fraction of sp³-hybridized carbons (Fsp3) is 0.292. The Hall–Kier alpha value is -2.86. The largest absolute Gasteiger partial charge is 0.506 e. The van der Waals surface area contributed by atoms with E-state index in [-0.39, 0.29) is 28.6 Å². The minimum Gasteiger partial charge on any atom is -0.506 e. The van der Waals surface area contributed by atoms with Crippen molar-refractivity contribution in [2.24, 2.45) is 10.1 Å². The van der Waals surface area contributed by atoms with Crippen LogP contribution in [0.2, 0.25) is 10.0 Å². The molecule has 9 nitrogen and oxygen atoms in total. The number of carbonyl (C=O) groups excluding carboxylic acids is 1. The second kappa shape index (κ2) is 13.6. The maximum Gasteiger partial charge on any atom is 0.257 e. The molecule has 0 aromatic heterocycles. The first-order chi connectivity index (χ1) is 17.7. The first-order valence-electron chi connectivity index (χ1n) is 11.2. The summed E-state index contributed by atoms with van der Waals surface area (Å²) in [6.07, 6.45) is 2.32. The van der Waals surface area contributed by atoms with Crippen LogP contribution < -0.4 is 16.1 Å². The number of amides is 1. The number of carbonyl (C=O) groups is 1. The number of benzene rings is 2. The van der Waals surface area contributed by atoms with E-state index in [1.165, 1.54) is 12.3 Å². The van der Waals surface area contributed by atoms with Gasteiger partial charge in [-0.1, -0.05) is 35.3 Å². The van der Waals surface area contributed by atoms with E-state index >= 15 is 0 Å². The Balaban J connectivity index is 1.73. The molecule has 37 heavy (non-hydrogen) atoms. The van der Waals surface area contributed by atoms with Crippen LogP contribution in [0.5, 0.6) is 5.75 Å². The lowest BCUT2D eigenvalue weighted by molar-refractivity contribution is 0.0498. The zero-order valence-corrected chi connectivity index (χ0v) is 23.2. The first kappa shape index (κ1) is 28.7. The SMILES string of the molecule is CN/C(=C(F)\C=N/CN/N=C\c1c(O)c(Cl)cc(Br)c1C(=O)Nc1c(C)cccc1Cl)N1CCOCC1. The van der Waals surface area contributed by atoms with Crippen LogP contribution in [0.15, 0.2) is 50.5 Å². The van der Waals surface area contributed by atoms with Crippen LogP contribution in [0.4, 0.5) is 10.1 Å². The molecule has 13 heteroatoms. The average Bonchev–Trinajstić information content (AvgIpc) is 2.87. The summed E-state index contributed by atoms with van der Waals surface area (Å²) >= 11 is 15.7. The number of aromatic hydroxyl groups is 1. The third-order valence-electron chi connectivity index (χ3n) is 5.37. The fourth-order valence-corrected chi connectivity index (χ4v) is 4.78. The van der Waals surface area contributed by atoms with E-state index in [0.29, 0.717) is 47.3 Å². The van der Waals surface area contributed by atoms with Gasteiger partial charge in [0, 0.05) is 24.6 Å². The second-order valence-electron chi connectivity index (χ2n) is 7.80. The molecule has 1 fully saturated rings. The van der Waals surface area contributed by atoms with E-state index in [4.69, 9.17) is 27.9 Å². The van der Waals surface area contributed by atoms with Gasteiger partial charge in [0.2, 0.25) is 0 Å². The minimum absolute atomic E-state index is 0.0201. The molecule has 0 aliphatic carbocycles. The smallest absolute Gasteiger partial charge is 0.257 e. The van der Waals surface area contributed by atoms with Crippen molar-refractivity contribution in [1.82, 2.24) is 15.6 Å². The molecule has 1 aliphatic rings. The Labute approximate surface area is 232 Å². The van der Waals surface area contributed by atoms with Crippen molar-refractivity contribution in [3.63, 3.8) is 0 Å². The zero-order chi connectivity index (χ0) is 26.9. The molecule has 0 spiro atoms. The highest BCUT2D eigenvalue weighted by molar-refractivity contribution is 9.10. The van der Waals surface area contributed by atoms with Crippen molar-refractivity contribution >= 4 is 63.2 Å². The van der Waals surface area contributed by atoms with Gasteiger partial charge in [-0.3, -0.25) is 15.2 Å². The van der Waals surface area contributed by atoms with Crippen LogP contribution in [0.1, 0.15) is 21.5 Å². The van der Waals surface area contributed by atoms with Gasteiger partial charge in [0.05, 0.1) is 52.5 Å². The molecule has 0 saturated carbocycles. The lowest BCUT2D eigenvalue weighted by atomic mass is 10.1. The Morgan fingerprint density at radius 2 is 2.03 bits per heavy atom. The van der Waals surface area contributed by atoms with Crippen molar-refractivity contribution in [3.8, 4) is 5.75 Å². The van der Waals surface area contributed by atoms with Gasteiger partial charge < -0.3 is 25.4 Å². The first-order valence-corrected chi connectivity index (χ1v) is 12.7. The molecule has 1 heterocycles. The highest BCUT2D eigenvalue weighted by atomic mass is 79.9. The molecule has 1 aliphatic heterocycles. The van der Waals surface area contributed by atoms with E-state index in [9.17, 15) is 14.3 Å². The van der Waals surface area contributed by atoms with E-state index in [1.807, 2.05) is 4.90 Å². The standard InChI is InChI=1S/C24H26BrCl2FN6O3/c1-14-4-3-5-17(26)21(14)33-24(36)20-15(22(35)18(27)10-16(20)25)11-31-32-13-30-12-19(28)23(29-2)34-6-8-37-9-7-34/h3-5,10-12,29,32,35H,6-9,13H2,1-2H3,(H,33,36)/b23-19-,30-12-,31-11-. The summed E-state index contributed by atoms with van der Waals surface area (Å²) < 4.78 is 20.2. The van der Waals surface area contributed by atoms with Crippen LogP contribution in [0.25, 0.3) is 0 Å². The molecule has 0 radical (unpaired) electrons. The van der Waals surface area contributed by atoms with Crippen molar-refractivity contribution in [2.75, 3.05) is 45.3 Å².